The molecular weight excluding hydrogens is 274 g/mol. The second kappa shape index (κ2) is 8.04. The maximum absolute atomic E-state index is 5.55. The van der Waals surface area contributed by atoms with Crippen molar-refractivity contribution in [1.29, 1.82) is 0 Å². The molecule has 1 aromatic rings. The SMILES string of the molecule is C=C/C=C(\CC)CN[C@H]1CCc2c(ccc(OC)c2OC)C1. The first-order valence-corrected chi connectivity index (χ1v) is 8.00. The largest absolute Gasteiger partial charge is 0.493 e. The Morgan fingerprint density at radius 2 is 2.18 bits per heavy atom. The van der Waals surface area contributed by atoms with Crippen molar-refractivity contribution in [2.24, 2.45) is 0 Å². The molecule has 120 valence electrons. The molecule has 0 saturated carbocycles. The minimum Gasteiger partial charge on any atom is -0.493 e. The Morgan fingerprint density at radius 3 is 2.82 bits per heavy atom. The van der Waals surface area contributed by atoms with Crippen LogP contribution in [0.2, 0.25) is 0 Å². The molecule has 0 spiro atoms. The van der Waals surface area contributed by atoms with Gasteiger partial charge >= 0.3 is 0 Å². The third kappa shape index (κ3) is 3.72. The number of ether oxygens (including phenoxy) is 2. The number of rotatable bonds is 7. The molecule has 0 unspecified atom stereocenters. The maximum atomic E-state index is 5.55. The van der Waals surface area contributed by atoms with Crippen LogP contribution in [-0.4, -0.2) is 26.8 Å². The highest BCUT2D eigenvalue weighted by molar-refractivity contribution is 5.52. The van der Waals surface area contributed by atoms with Crippen molar-refractivity contribution in [2.75, 3.05) is 20.8 Å². The van der Waals surface area contributed by atoms with E-state index in [0.29, 0.717) is 6.04 Å². The Hall–Kier alpha value is -1.74. The van der Waals surface area contributed by atoms with Gasteiger partial charge in [0.25, 0.3) is 0 Å². The highest BCUT2D eigenvalue weighted by Gasteiger charge is 2.23. The number of fused-ring (bicyclic) bond motifs is 1. The van der Waals surface area contributed by atoms with Crippen molar-refractivity contribution in [3.05, 3.63) is 47.6 Å². The molecule has 1 N–H and O–H groups in total. The topological polar surface area (TPSA) is 30.5 Å². The van der Waals surface area contributed by atoms with Gasteiger partial charge in [0.15, 0.2) is 11.5 Å². The molecule has 3 nitrogen and oxygen atoms in total. The van der Waals surface area contributed by atoms with E-state index in [2.05, 4.69) is 31.0 Å². The zero-order valence-corrected chi connectivity index (χ0v) is 13.9. The Labute approximate surface area is 134 Å². The molecule has 0 saturated heterocycles. The standard InChI is InChI=1S/C19H27NO2/c1-5-7-14(6-2)13-20-16-9-10-17-15(12-16)8-11-18(21-3)19(17)22-4/h5,7-8,11,16,20H,1,6,9-10,12-13H2,2-4H3/b14-7+/t16-/m0/s1. The number of hydrogen-bond acceptors (Lipinski definition) is 3. The normalized spacial score (nSPS) is 17.8. The van der Waals surface area contributed by atoms with Gasteiger partial charge in [-0.05, 0) is 37.3 Å². The first-order chi connectivity index (χ1) is 10.7. The Morgan fingerprint density at radius 1 is 1.36 bits per heavy atom. The van der Waals surface area contributed by atoms with Crippen molar-refractivity contribution in [2.45, 2.75) is 38.6 Å². The van der Waals surface area contributed by atoms with Crippen LogP contribution in [0.4, 0.5) is 0 Å². The second-order valence-corrected chi connectivity index (χ2v) is 5.67. The van der Waals surface area contributed by atoms with E-state index in [1.54, 1.807) is 14.2 Å². The average Bonchev–Trinajstić information content (AvgIpc) is 2.57. The van der Waals surface area contributed by atoms with Gasteiger partial charge in [0.2, 0.25) is 0 Å². The lowest BCUT2D eigenvalue weighted by Crippen LogP contribution is -2.35. The maximum Gasteiger partial charge on any atom is 0.164 e. The van der Waals surface area contributed by atoms with Crippen LogP contribution in [0, 0.1) is 0 Å². The molecule has 0 fully saturated rings. The fraction of sp³-hybridized carbons (Fsp3) is 0.474. The lowest BCUT2D eigenvalue weighted by molar-refractivity contribution is 0.347. The molecular formula is C19H27NO2. The molecule has 0 heterocycles. The van der Waals surface area contributed by atoms with Gasteiger partial charge in [-0.25, -0.2) is 0 Å². The fourth-order valence-electron chi connectivity index (χ4n) is 3.10. The van der Waals surface area contributed by atoms with Crippen molar-refractivity contribution in [3.8, 4) is 11.5 Å². The summed E-state index contributed by atoms with van der Waals surface area (Å²) in [6, 6.07) is 4.70. The smallest absolute Gasteiger partial charge is 0.164 e. The van der Waals surface area contributed by atoms with E-state index in [1.165, 1.54) is 16.7 Å². The summed E-state index contributed by atoms with van der Waals surface area (Å²) in [7, 11) is 3.41. The van der Waals surface area contributed by atoms with Crippen LogP contribution in [0.15, 0.2) is 36.4 Å². The van der Waals surface area contributed by atoms with Gasteiger partial charge in [0.1, 0.15) is 0 Å². The second-order valence-electron chi connectivity index (χ2n) is 5.67. The monoisotopic (exact) mass is 301 g/mol. The minimum atomic E-state index is 0.519. The van der Waals surface area contributed by atoms with E-state index >= 15 is 0 Å². The van der Waals surface area contributed by atoms with Crippen molar-refractivity contribution >= 4 is 0 Å². The molecule has 1 aromatic carbocycles. The molecule has 3 heteroatoms. The third-order valence-corrected chi connectivity index (χ3v) is 4.38. The number of allylic oxidation sites excluding steroid dienone is 2. The summed E-state index contributed by atoms with van der Waals surface area (Å²) in [6.07, 6.45) is 8.24. The van der Waals surface area contributed by atoms with E-state index in [4.69, 9.17) is 9.47 Å². The summed E-state index contributed by atoms with van der Waals surface area (Å²) in [5, 5.41) is 3.68. The molecule has 22 heavy (non-hydrogen) atoms. The Kier molecular flexibility index (Phi) is 6.08. The minimum absolute atomic E-state index is 0.519. The van der Waals surface area contributed by atoms with E-state index < -0.39 is 0 Å². The lowest BCUT2D eigenvalue weighted by Gasteiger charge is -2.28. The Balaban J connectivity index is 2.06. The fourth-order valence-corrected chi connectivity index (χ4v) is 3.10. The van der Waals surface area contributed by atoms with Crippen LogP contribution >= 0.6 is 0 Å². The van der Waals surface area contributed by atoms with E-state index in [0.717, 1.165) is 43.7 Å². The van der Waals surface area contributed by atoms with Crippen LogP contribution in [-0.2, 0) is 12.8 Å². The average molecular weight is 301 g/mol. The molecule has 0 amide bonds. The first kappa shape index (κ1) is 16.6. The predicted octanol–water partition coefficient (Wildman–Crippen LogP) is 3.67. The van der Waals surface area contributed by atoms with Crippen molar-refractivity contribution < 1.29 is 9.47 Å². The molecule has 0 aliphatic heterocycles. The number of methoxy groups -OCH3 is 2. The van der Waals surface area contributed by atoms with Crippen LogP contribution in [0.1, 0.15) is 30.9 Å². The van der Waals surface area contributed by atoms with Crippen LogP contribution in [0.5, 0.6) is 11.5 Å². The van der Waals surface area contributed by atoms with Gasteiger partial charge in [-0.15, -0.1) is 0 Å². The molecule has 1 aliphatic carbocycles. The third-order valence-electron chi connectivity index (χ3n) is 4.38. The summed E-state index contributed by atoms with van der Waals surface area (Å²) < 4.78 is 10.9. The van der Waals surface area contributed by atoms with Crippen LogP contribution < -0.4 is 14.8 Å². The molecule has 0 radical (unpaired) electrons. The summed E-state index contributed by atoms with van der Waals surface area (Å²) >= 11 is 0. The number of nitrogens with one attached hydrogen (secondary N) is 1. The van der Waals surface area contributed by atoms with Gasteiger partial charge in [0.05, 0.1) is 14.2 Å². The van der Waals surface area contributed by atoms with Gasteiger partial charge in [-0.3, -0.25) is 0 Å². The van der Waals surface area contributed by atoms with Crippen LogP contribution in [0.25, 0.3) is 0 Å². The molecule has 0 aromatic heterocycles. The zero-order valence-electron chi connectivity index (χ0n) is 13.9. The van der Waals surface area contributed by atoms with Gasteiger partial charge < -0.3 is 14.8 Å². The van der Waals surface area contributed by atoms with Gasteiger partial charge in [0, 0.05) is 18.2 Å². The first-order valence-electron chi connectivity index (χ1n) is 8.00. The zero-order chi connectivity index (χ0) is 15.9. The number of benzene rings is 1. The number of hydrogen-bond donors (Lipinski definition) is 1. The molecule has 1 atom stereocenters. The van der Waals surface area contributed by atoms with E-state index in [9.17, 15) is 0 Å². The highest BCUT2D eigenvalue weighted by atomic mass is 16.5. The molecule has 2 rings (SSSR count). The lowest BCUT2D eigenvalue weighted by atomic mass is 9.87. The summed E-state index contributed by atoms with van der Waals surface area (Å²) in [5.74, 6) is 1.73. The predicted molar refractivity (Wildman–Crippen MR) is 91.9 cm³/mol. The quantitative estimate of drug-likeness (QED) is 0.779. The van der Waals surface area contributed by atoms with Crippen molar-refractivity contribution in [3.63, 3.8) is 0 Å². The molecule has 1 aliphatic rings. The van der Waals surface area contributed by atoms with Crippen LogP contribution in [0.3, 0.4) is 0 Å². The van der Waals surface area contributed by atoms with Gasteiger partial charge in [-0.2, -0.15) is 0 Å². The summed E-state index contributed by atoms with van der Waals surface area (Å²) in [6.45, 7) is 6.90. The van der Waals surface area contributed by atoms with Gasteiger partial charge in [-0.1, -0.05) is 37.3 Å². The molecule has 0 bridgehead atoms. The summed E-state index contributed by atoms with van der Waals surface area (Å²) in [5.41, 5.74) is 4.07. The highest BCUT2D eigenvalue weighted by Crippen LogP contribution is 2.37. The summed E-state index contributed by atoms with van der Waals surface area (Å²) in [4.78, 5) is 0. The van der Waals surface area contributed by atoms with Crippen molar-refractivity contribution in [1.82, 2.24) is 5.32 Å². The van der Waals surface area contributed by atoms with E-state index in [-0.39, 0.29) is 0 Å². The Bertz CT molecular complexity index is 549. The van der Waals surface area contributed by atoms with E-state index in [1.807, 2.05) is 12.1 Å².